The van der Waals surface area contributed by atoms with Gasteiger partial charge in [-0.05, 0) is 38.0 Å². The van der Waals surface area contributed by atoms with Gasteiger partial charge in [0, 0.05) is 12.6 Å². The summed E-state index contributed by atoms with van der Waals surface area (Å²) in [5, 5.41) is 18.3. The fourth-order valence-electron chi connectivity index (χ4n) is 2.32. The Hall–Kier alpha value is -0.120. The van der Waals surface area contributed by atoms with Crippen LogP contribution in [0.15, 0.2) is 0 Å². The van der Waals surface area contributed by atoms with Gasteiger partial charge in [0.25, 0.3) is 0 Å². The molecule has 0 radical (unpaired) electrons. The standard InChI is InChI=1S/C11H23NO2/c12-11-6-2-1-4-9(11)8-10(14)5-3-7-13/h9-11,13-14H,1-8,12H2/t9-,10-,11-/m0/s1. The second-order valence-electron chi connectivity index (χ2n) is 4.46. The van der Waals surface area contributed by atoms with Gasteiger partial charge < -0.3 is 15.9 Å². The molecule has 0 spiro atoms. The second kappa shape index (κ2) is 6.38. The van der Waals surface area contributed by atoms with E-state index in [9.17, 15) is 5.11 Å². The molecule has 1 saturated carbocycles. The van der Waals surface area contributed by atoms with E-state index in [0.717, 1.165) is 19.3 Å². The monoisotopic (exact) mass is 201 g/mol. The molecule has 0 aliphatic heterocycles. The summed E-state index contributed by atoms with van der Waals surface area (Å²) < 4.78 is 0. The summed E-state index contributed by atoms with van der Waals surface area (Å²) in [6.45, 7) is 0.174. The first kappa shape index (κ1) is 12.0. The smallest absolute Gasteiger partial charge is 0.0544 e. The van der Waals surface area contributed by atoms with Crippen LogP contribution in [0.2, 0.25) is 0 Å². The highest BCUT2D eigenvalue weighted by Crippen LogP contribution is 2.27. The van der Waals surface area contributed by atoms with Gasteiger partial charge in [-0.2, -0.15) is 0 Å². The van der Waals surface area contributed by atoms with Crippen molar-refractivity contribution in [3.8, 4) is 0 Å². The summed E-state index contributed by atoms with van der Waals surface area (Å²) in [5.41, 5.74) is 6.00. The maximum absolute atomic E-state index is 9.68. The molecule has 3 atom stereocenters. The lowest BCUT2D eigenvalue weighted by molar-refractivity contribution is 0.106. The Morgan fingerprint density at radius 1 is 1.29 bits per heavy atom. The predicted molar refractivity (Wildman–Crippen MR) is 56.9 cm³/mol. The molecular formula is C11H23NO2. The van der Waals surface area contributed by atoms with E-state index in [2.05, 4.69) is 0 Å². The van der Waals surface area contributed by atoms with Gasteiger partial charge in [0.2, 0.25) is 0 Å². The van der Waals surface area contributed by atoms with E-state index in [1.165, 1.54) is 12.8 Å². The third-order valence-corrected chi connectivity index (χ3v) is 3.24. The summed E-state index contributed by atoms with van der Waals surface area (Å²) in [4.78, 5) is 0. The molecule has 3 nitrogen and oxygen atoms in total. The van der Waals surface area contributed by atoms with Crippen molar-refractivity contribution < 1.29 is 10.2 Å². The van der Waals surface area contributed by atoms with Crippen molar-refractivity contribution in [2.24, 2.45) is 11.7 Å². The first-order valence-corrected chi connectivity index (χ1v) is 5.78. The zero-order valence-electron chi connectivity index (χ0n) is 8.86. The maximum atomic E-state index is 9.68. The highest BCUT2D eigenvalue weighted by molar-refractivity contribution is 4.79. The molecule has 84 valence electrons. The molecule has 0 saturated heterocycles. The van der Waals surface area contributed by atoms with Gasteiger partial charge in [-0.25, -0.2) is 0 Å². The molecule has 0 unspecified atom stereocenters. The van der Waals surface area contributed by atoms with Crippen LogP contribution in [0, 0.1) is 5.92 Å². The van der Waals surface area contributed by atoms with Gasteiger partial charge in [0.1, 0.15) is 0 Å². The Morgan fingerprint density at radius 2 is 2.00 bits per heavy atom. The minimum absolute atomic E-state index is 0.174. The van der Waals surface area contributed by atoms with E-state index in [4.69, 9.17) is 10.8 Å². The SMILES string of the molecule is N[C@H]1CCCC[C@H]1C[C@@H](O)CCCO. The van der Waals surface area contributed by atoms with Gasteiger partial charge in [-0.15, -0.1) is 0 Å². The number of hydrogen-bond acceptors (Lipinski definition) is 3. The summed E-state index contributed by atoms with van der Waals surface area (Å²) in [6, 6.07) is 0.285. The average Bonchev–Trinajstić information content (AvgIpc) is 2.18. The first-order chi connectivity index (χ1) is 6.74. The highest BCUT2D eigenvalue weighted by atomic mass is 16.3. The van der Waals surface area contributed by atoms with Crippen LogP contribution >= 0.6 is 0 Å². The average molecular weight is 201 g/mol. The predicted octanol–water partition coefficient (Wildman–Crippen LogP) is 1.03. The van der Waals surface area contributed by atoms with Gasteiger partial charge in [0.05, 0.1) is 6.10 Å². The van der Waals surface area contributed by atoms with Crippen LogP contribution in [0.1, 0.15) is 44.9 Å². The molecule has 1 aliphatic carbocycles. The van der Waals surface area contributed by atoms with E-state index in [1.54, 1.807) is 0 Å². The molecule has 0 heterocycles. The van der Waals surface area contributed by atoms with Crippen molar-refractivity contribution in [3.63, 3.8) is 0 Å². The maximum Gasteiger partial charge on any atom is 0.0544 e. The van der Waals surface area contributed by atoms with Gasteiger partial charge in [-0.3, -0.25) is 0 Å². The van der Waals surface area contributed by atoms with E-state index < -0.39 is 0 Å². The normalized spacial score (nSPS) is 30.2. The Balaban J connectivity index is 2.20. The van der Waals surface area contributed by atoms with Crippen LogP contribution in [0.5, 0.6) is 0 Å². The van der Waals surface area contributed by atoms with Crippen LogP contribution in [-0.4, -0.2) is 29.0 Å². The largest absolute Gasteiger partial charge is 0.396 e. The van der Waals surface area contributed by atoms with Gasteiger partial charge >= 0.3 is 0 Å². The molecule has 1 rings (SSSR count). The summed E-state index contributed by atoms with van der Waals surface area (Å²) in [5.74, 6) is 0.498. The third kappa shape index (κ3) is 3.95. The van der Waals surface area contributed by atoms with Crippen LogP contribution in [0.4, 0.5) is 0 Å². The topological polar surface area (TPSA) is 66.5 Å². The number of rotatable bonds is 5. The van der Waals surface area contributed by atoms with Crippen molar-refractivity contribution in [3.05, 3.63) is 0 Å². The lowest BCUT2D eigenvalue weighted by Crippen LogP contribution is -2.35. The fraction of sp³-hybridized carbons (Fsp3) is 1.00. The first-order valence-electron chi connectivity index (χ1n) is 5.78. The molecular weight excluding hydrogens is 178 g/mol. The minimum Gasteiger partial charge on any atom is -0.396 e. The molecule has 3 heteroatoms. The quantitative estimate of drug-likeness (QED) is 0.622. The lowest BCUT2D eigenvalue weighted by Gasteiger charge is -2.30. The van der Waals surface area contributed by atoms with Gasteiger partial charge in [0.15, 0.2) is 0 Å². The molecule has 0 amide bonds. The Bertz CT molecular complexity index is 152. The summed E-state index contributed by atoms with van der Waals surface area (Å²) >= 11 is 0. The molecule has 0 aromatic carbocycles. The van der Waals surface area contributed by atoms with Crippen molar-refractivity contribution in [1.29, 1.82) is 0 Å². The summed E-state index contributed by atoms with van der Waals surface area (Å²) in [6.07, 6.45) is 6.73. The van der Waals surface area contributed by atoms with Crippen LogP contribution < -0.4 is 5.73 Å². The molecule has 4 N–H and O–H groups in total. The second-order valence-corrected chi connectivity index (χ2v) is 4.46. The zero-order chi connectivity index (χ0) is 10.4. The van der Waals surface area contributed by atoms with Crippen molar-refractivity contribution >= 4 is 0 Å². The molecule has 1 fully saturated rings. The van der Waals surface area contributed by atoms with Crippen LogP contribution in [-0.2, 0) is 0 Å². The van der Waals surface area contributed by atoms with Crippen LogP contribution in [0.3, 0.4) is 0 Å². The number of nitrogens with two attached hydrogens (primary N) is 1. The third-order valence-electron chi connectivity index (χ3n) is 3.24. The highest BCUT2D eigenvalue weighted by Gasteiger charge is 2.23. The number of hydrogen-bond donors (Lipinski definition) is 3. The van der Waals surface area contributed by atoms with Crippen molar-refractivity contribution in [2.45, 2.75) is 57.1 Å². The molecule has 0 aromatic rings. The minimum atomic E-state index is -0.267. The molecule has 14 heavy (non-hydrogen) atoms. The Kier molecular flexibility index (Phi) is 5.45. The van der Waals surface area contributed by atoms with E-state index in [1.807, 2.05) is 0 Å². The molecule has 1 aliphatic rings. The summed E-state index contributed by atoms with van der Waals surface area (Å²) in [7, 11) is 0. The Morgan fingerprint density at radius 3 is 2.64 bits per heavy atom. The van der Waals surface area contributed by atoms with Gasteiger partial charge in [-0.1, -0.05) is 12.8 Å². The molecule has 0 aromatic heterocycles. The Labute approximate surface area is 86.3 Å². The van der Waals surface area contributed by atoms with Crippen LogP contribution in [0.25, 0.3) is 0 Å². The lowest BCUT2D eigenvalue weighted by atomic mass is 9.81. The van der Waals surface area contributed by atoms with Crippen molar-refractivity contribution in [2.75, 3.05) is 6.61 Å². The molecule has 0 bridgehead atoms. The van der Waals surface area contributed by atoms with E-state index in [0.29, 0.717) is 18.8 Å². The van der Waals surface area contributed by atoms with Crippen molar-refractivity contribution in [1.82, 2.24) is 0 Å². The zero-order valence-corrected chi connectivity index (χ0v) is 8.86. The fourth-order valence-corrected chi connectivity index (χ4v) is 2.32. The van der Waals surface area contributed by atoms with E-state index >= 15 is 0 Å². The van der Waals surface area contributed by atoms with E-state index in [-0.39, 0.29) is 18.8 Å². The number of aliphatic hydroxyl groups excluding tert-OH is 2. The number of aliphatic hydroxyl groups is 2.